The first-order valence-corrected chi connectivity index (χ1v) is 7.88. The van der Waals surface area contributed by atoms with Gasteiger partial charge in [0.25, 0.3) is 5.91 Å². The number of carbonyl (C=O) groups excluding carboxylic acids is 1. The minimum atomic E-state index is -4.22. The van der Waals surface area contributed by atoms with E-state index in [9.17, 15) is 27.9 Å². The third kappa shape index (κ3) is 5.08. The number of hydrogen-bond acceptors (Lipinski definition) is 2. The summed E-state index contributed by atoms with van der Waals surface area (Å²) in [5, 5.41) is 11.8. The van der Waals surface area contributed by atoms with Crippen molar-refractivity contribution in [2.45, 2.75) is 32.9 Å². The molecule has 138 valence electrons. The van der Waals surface area contributed by atoms with Crippen LogP contribution >= 0.6 is 0 Å². The number of carboxylic acids is 1. The van der Waals surface area contributed by atoms with Crippen molar-refractivity contribution in [3.05, 3.63) is 64.2 Å². The summed E-state index contributed by atoms with van der Waals surface area (Å²) in [5.74, 6) is -1.55. The van der Waals surface area contributed by atoms with Crippen molar-refractivity contribution in [1.82, 2.24) is 0 Å². The minimum absolute atomic E-state index is 0.0911. The Balaban J connectivity index is 2.13. The molecule has 0 bridgehead atoms. The molecule has 0 saturated heterocycles. The number of hydrogen-bond donors (Lipinski definition) is 2. The van der Waals surface area contributed by atoms with E-state index < -0.39 is 24.5 Å². The number of alkyl halides is 3. The van der Waals surface area contributed by atoms with E-state index in [4.69, 9.17) is 0 Å². The molecule has 0 radical (unpaired) electrons. The van der Waals surface area contributed by atoms with Gasteiger partial charge in [-0.15, -0.1) is 0 Å². The molecule has 2 aromatic carbocycles. The topological polar surface area (TPSA) is 66.4 Å². The zero-order valence-electron chi connectivity index (χ0n) is 14.3. The molecule has 4 nitrogen and oxygen atoms in total. The molecule has 0 heterocycles. The van der Waals surface area contributed by atoms with Gasteiger partial charge >= 0.3 is 12.1 Å². The van der Waals surface area contributed by atoms with E-state index in [1.165, 1.54) is 30.3 Å². The largest absolute Gasteiger partial charge is 0.478 e. The fourth-order valence-electron chi connectivity index (χ4n) is 2.52. The van der Waals surface area contributed by atoms with Crippen LogP contribution < -0.4 is 5.32 Å². The molecular weight excluding hydrogens is 347 g/mol. The quantitative estimate of drug-likeness (QED) is 0.804. The molecule has 0 spiro atoms. The Labute approximate surface area is 148 Å². The average molecular weight is 365 g/mol. The number of carbonyl (C=O) groups is 2. The molecule has 0 aliphatic heterocycles. The molecule has 0 fully saturated rings. The Bertz CT molecular complexity index is 827. The number of anilines is 1. The van der Waals surface area contributed by atoms with Gasteiger partial charge < -0.3 is 10.4 Å². The van der Waals surface area contributed by atoms with Gasteiger partial charge in [-0.2, -0.15) is 13.2 Å². The van der Waals surface area contributed by atoms with Gasteiger partial charge in [-0.3, -0.25) is 4.79 Å². The highest BCUT2D eigenvalue weighted by molar-refractivity contribution is 6.05. The van der Waals surface area contributed by atoms with Gasteiger partial charge in [0, 0.05) is 17.7 Å². The lowest BCUT2D eigenvalue weighted by molar-refractivity contribution is -0.134. The van der Waals surface area contributed by atoms with Crippen molar-refractivity contribution < 1.29 is 27.9 Å². The van der Waals surface area contributed by atoms with Crippen molar-refractivity contribution in [1.29, 1.82) is 0 Å². The molecule has 0 atom stereocenters. The normalized spacial score (nSPS) is 11.3. The summed E-state index contributed by atoms with van der Waals surface area (Å²) in [6.07, 6.45) is -5.29. The van der Waals surface area contributed by atoms with Crippen LogP contribution in [-0.2, 0) is 6.42 Å². The van der Waals surface area contributed by atoms with Crippen LogP contribution in [0.2, 0.25) is 0 Å². The maximum Gasteiger partial charge on any atom is 0.389 e. The number of rotatable bonds is 5. The first-order chi connectivity index (χ1) is 12.1. The standard InChI is InChI=1S/C19H18F3NO3/c1-11-9-12(2)16(10-15(11)18(25)26)23-17(24)14-5-3-13(4-6-14)7-8-19(20,21)22/h3-6,9-10H,7-8H2,1-2H3,(H,23,24)(H,25,26). The summed E-state index contributed by atoms with van der Waals surface area (Å²) in [5.41, 5.74) is 2.52. The molecule has 26 heavy (non-hydrogen) atoms. The van der Waals surface area contributed by atoms with Gasteiger partial charge in [0.1, 0.15) is 0 Å². The van der Waals surface area contributed by atoms with E-state index in [1.807, 2.05) is 0 Å². The summed E-state index contributed by atoms with van der Waals surface area (Å²) in [6.45, 7) is 3.41. The highest BCUT2D eigenvalue weighted by atomic mass is 19.4. The predicted molar refractivity (Wildman–Crippen MR) is 91.6 cm³/mol. The van der Waals surface area contributed by atoms with Gasteiger partial charge in [-0.05, 0) is 55.2 Å². The minimum Gasteiger partial charge on any atom is -0.478 e. The van der Waals surface area contributed by atoms with Crippen LogP contribution in [0.1, 0.15) is 43.8 Å². The van der Waals surface area contributed by atoms with E-state index in [1.54, 1.807) is 19.9 Å². The third-order valence-corrected chi connectivity index (χ3v) is 3.96. The second kappa shape index (κ2) is 7.59. The number of halogens is 3. The Hall–Kier alpha value is -2.83. The number of nitrogens with one attached hydrogen (secondary N) is 1. The Kier molecular flexibility index (Phi) is 5.69. The SMILES string of the molecule is Cc1cc(C)c(C(=O)O)cc1NC(=O)c1ccc(CCC(F)(F)F)cc1. The molecular formula is C19H18F3NO3. The summed E-state index contributed by atoms with van der Waals surface area (Å²) < 4.78 is 36.7. The molecule has 0 aliphatic rings. The van der Waals surface area contributed by atoms with Crippen LogP contribution in [-0.4, -0.2) is 23.2 Å². The highest BCUT2D eigenvalue weighted by Gasteiger charge is 2.26. The molecule has 2 rings (SSSR count). The molecule has 0 aromatic heterocycles. The fourth-order valence-corrected chi connectivity index (χ4v) is 2.52. The van der Waals surface area contributed by atoms with Crippen LogP contribution in [0.3, 0.4) is 0 Å². The number of carboxylic acid groups (broad SMARTS) is 1. The Morgan fingerprint density at radius 1 is 1.04 bits per heavy atom. The summed E-state index contributed by atoms with van der Waals surface area (Å²) in [7, 11) is 0. The maximum atomic E-state index is 12.3. The lowest BCUT2D eigenvalue weighted by Gasteiger charge is -2.12. The van der Waals surface area contributed by atoms with E-state index in [2.05, 4.69) is 5.32 Å². The van der Waals surface area contributed by atoms with E-state index in [0.29, 0.717) is 22.4 Å². The zero-order chi connectivity index (χ0) is 19.5. The number of amides is 1. The Morgan fingerprint density at radius 2 is 1.65 bits per heavy atom. The van der Waals surface area contributed by atoms with Crippen LogP contribution in [0.5, 0.6) is 0 Å². The van der Waals surface area contributed by atoms with Crippen molar-refractivity contribution in [3.63, 3.8) is 0 Å². The first-order valence-electron chi connectivity index (χ1n) is 7.88. The zero-order valence-corrected chi connectivity index (χ0v) is 14.3. The molecule has 1 amide bonds. The predicted octanol–water partition coefficient (Wildman–Crippen LogP) is 4.75. The lowest BCUT2D eigenvalue weighted by atomic mass is 10.0. The molecule has 2 N–H and O–H groups in total. The lowest BCUT2D eigenvalue weighted by Crippen LogP contribution is -2.14. The monoisotopic (exact) mass is 365 g/mol. The highest BCUT2D eigenvalue weighted by Crippen LogP contribution is 2.23. The summed E-state index contributed by atoms with van der Waals surface area (Å²) >= 11 is 0. The van der Waals surface area contributed by atoms with Crippen molar-refractivity contribution >= 4 is 17.6 Å². The van der Waals surface area contributed by atoms with Gasteiger partial charge in [0.2, 0.25) is 0 Å². The van der Waals surface area contributed by atoms with Crippen molar-refractivity contribution in [2.75, 3.05) is 5.32 Å². The van der Waals surface area contributed by atoms with E-state index in [-0.39, 0.29) is 17.5 Å². The average Bonchev–Trinajstić information content (AvgIpc) is 2.54. The number of benzene rings is 2. The van der Waals surface area contributed by atoms with E-state index in [0.717, 1.165) is 0 Å². The van der Waals surface area contributed by atoms with Gasteiger partial charge in [0.15, 0.2) is 0 Å². The molecule has 0 saturated carbocycles. The van der Waals surface area contributed by atoms with Gasteiger partial charge in [-0.1, -0.05) is 18.2 Å². The third-order valence-electron chi connectivity index (χ3n) is 3.96. The molecule has 7 heteroatoms. The molecule has 0 unspecified atom stereocenters. The summed E-state index contributed by atoms with van der Waals surface area (Å²) in [6, 6.07) is 8.91. The smallest absolute Gasteiger partial charge is 0.389 e. The van der Waals surface area contributed by atoms with Crippen LogP contribution in [0.25, 0.3) is 0 Å². The second-order valence-corrected chi connectivity index (χ2v) is 6.05. The first kappa shape index (κ1) is 19.5. The fraction of sp³-hybridized carbons (Fsp3) is 0.263. The van der Waals surface area contributed by atoms with Crippen molar-refractivity contribution in [3.8, 4) is 0 Å². The molecule has 0 aliphatic carbocycles. The number of aromatic carboxylic acids is 1. The van der Waals surface area contributed by atoms with Crippen LogP contribution in [0.4, 0.5) is 18.9 Å². The number of aryl methyl sites for hydroxylation is 3. The molecule has 2 aromatic rings. The second-order valence-electron chi connectivity index (χ2n) is 6.05. The van der Waals surface area contributed by atoms with Gasteiger partial charge in [-0.25, -0.2) is 4.79 Å². The van der Waals surface area contributed by atoms with E-state index >= 15 is 0 Å². The van der Waals surface area contributed by atoms with Crippen LogP contribution in [0.15, 0.2) is 36.4 Å². The maximum absolute atomic E-state index is 12.3. The van der Waals surface area contributed by atoms with Crippen molar-refractivity contribution in [2.24, 2.45) is 0 Å². The summed E-state index contributed by atoms with van der Waals surface area (Å²) in [4.78, 5) is 23.5. The Morgan fingerprint density at radius 3 is 2.19 bits per heavy atom. The van der Waals surface area contributed by atoms with Crippen LogP contribution in [0, 0.1) is 13.8 Å². The van der Waals surface area contributed by atoms with Gasteiger partial charge in [0.05, 0.1) is 5.56 Å².